The van der Waals surface area contributed by atoms with Crippen molar-refractivity contribution in [2.45, 2.75) is 26.3 Å². The van der Waals surface area contributed by atoms with Crippen LogP contribution in [0.3, 0.4) is 0 Å². The zero-order valence-electron chi connectivity index (χ0n) is 10.5. The molecule has 0 aromatic heterocycles. The second-order valence-electron chi connectivity index (χ2n) is 4.05. The number of ether oxygens (including phenoxy) is 1. The first-order valence-corrected chi connectivity index (χ1v) is 6.72. The van der Waals surface area contributed by atoms with Crippen LogP contribution in [0.15, 0.2) is 35.3 Å². The van der Waals surface area contributed by atoms with Gasteiger partial charge in [0.05, 0.1) is 0 Å². The molecule has 1 rings (SSSR count). The quantitative estimate of drug-likeness (QED) is 0.820. The maximum atomic E-state index is 5.52. The van der Waals surface area contributed by atoms with E-state index in [9.17, 15) is 0 Å². The normalized spacial score (nSPS) is 12.2. The molecule has 0 bridgehead atoms. The molecule has 3 heteroatoms. The van der Waals surface area contributed by atoms with Crippen LogP contribution in [0, 0.1) is 0 Å². The van der Waals surface area contributed by atoms with E-state index >= 15 is 0 Å². The van der Waals surface area contributed by atoms with Gasteiger partial charge in [-0.1, -0.05) is 41.6 Å². The van der Waals surface area contributed by atoms with Gasteiger partial charge in [-0.05, 0) is 37.6 Å². The lowest BCUT2D eigenvalue weighted by Crippen LogP contribution is -2.19. The summed E-state index contributed by atoms with van der Waals surface area (Å²) in [6.45, 7) is 9.62. The molecule has 2 nitrogen and oxygen atoms in total. The van der Waals surface area contributed by atoms with Gasteiger partial charge in [-0.2, -0.15) is 0 Å². The molecule has 1 aromatic carbocycles. The lowest BCUT2D eigenvalue weighted by Gasteiger charge is -2.14. The largest absolute Gasteiger partial charge is 0.488 e. The Morgan fingerprint density at radius 2 is 2.06 bits per heavy atom. The maximum Gasteiger partial charge on any atom is 0.119 e. The van der Waals surface area contributed by atoms with Crippen molar-refractivity contribution in [1.82, 2.24) is 5.32 Å². The highest BCUT2D eigenvalue weighted by atomic mass is 79.9. The van der Waals surface area contributed by atoms with Crippen molar-refractivity contribution in [3.8, 4) is 5.75 Å². The Kier molecular flexibility index (Phi) is 6.30. The van der Waals surface area contributed by atoms with Gasteiger partial charge in [0.15, 0.2) is 0 Å². The summed E-state index contributed by atoms with van der Waals surface area (Å²) >= 11 is 3.27. The molecular formula is C14H20BrNO. The summed E-state index contributed by atoms with van der Waals surface area (Å²) in [6.07, 6.45) is 1.15. The van der Waals surface area contributed by atoms with Crippen molar-refractivity contribution in [2.75, 3.05) is 13.2 Å². The minimum absolute atomic E-state index is 0.384. The molecule has 0 saturated heterocycles. The van der Waals surface area contributed by atoms with Gasteiger partial charge in [0.25, 0.3) is 0 Å². The van der Waals surface area contributed by atoms with E-state index in [2.05, 4.69) is 53.8 Å². The molecule has 0 aliphatic rings. The highest BCUT2D eigenvalue weighted by Crippen LogP contribution is 2.18. The topological polar surface area (TPSA) is 21.3 Å². The van der Waals surface area contributed by atoms with E-state index in [4.69, 9.17) is 4.74 Å². The summed E-state index contributed by atoms with van der Waals surface area (Å²) in [5, 5.41) is 3.46. The third-order valence-electron chi connectivity index (χ3n) is 2.48. The fourth-order valence-corrected chi connectivity index (χ4v) is 1.61. The molecule has 0 heterocycles. The molecule has 1 N–H and O–H groups in total. The third-order valence-corrected chi connectivity index (χ3v) is 2.70. The first-order chi connectivity index (χ1) is 8.13. The van der Waals surface area contributed by atoms with E-state index in [0.29, 0.717) is 12.6 Å². The van der Waals surface area contributed by atoms with Crippen LogP contribution in [-0.2, 0) is 0 Å². The molecule has 0 fully saturated rings. The van der Waals surface area contributed by atoms with Gasteiger partial charge in [-0.25, -0.2) is 0 Å². The van der Waals surface area contributed by atoms with Gasteiger partial charge in [0.2, 0.25) is 0 Å². The lowest BCUT2D eigenvalue weighted by molar-refractivity contribution is 0.360. The second-order valence-corrected chi connectivity index (χ2v) is 5.17. The smallest absolute Gasteiger partial charge is 0.119 e. The summed E-state index contributed by atoms with van der Waals surface area (Å²) in [5.74, 6) is 0.872. The predicted molar refractivity (Wildman–Crippen MR) is 76.7 cm³/mol. The van der Waals surface area contributed by atoms with Crippen LogP contribution >= 0.6 is 15.9 Å². The summed E-state index contributed by atoms with van der Waals surface area (Å²) in [5.41, 5.74) is 1.28. The number of nitrogens with one attached hydrogen (secondary N) is 1. The number of rotatable bonds is 7. The molecule has 1 atom stereocenters. The average Bonchev–Trinajstić information content (AvgIpc) is 2.34. The van der Waals surface area contributed by atoms with Crippen molar-refractivity contribution in [1.29, 1.82) is 0 Å². The van der Waals surface area contributed by atoms with Gasteiger partial charge in [-0.15, -0.1) is 0 Å². The Morgan fingerprint density at radius 1 is 1.41 bits per heavy atom. The lowest BCUT2D eigenvalue weighted by atomic mass is 10.1. The van der Waals surface area contributed by atoms with E-state index in [1.807, 2.05) is 12.1 Å². The van der Waals surface area contributed by atoms with Crippen LogP contribution in [0.1, 0.15) is 31.9 Å². The van der Waals surface area contributed by atoms with Crippen molar-refractivity contribution in [2.24, 2.45) is 0 Å². The first-order valence-electron chi connectivity index (χ1n) is 5.93. The summed E-state index contributed by atoms with van der Waals surface area (Å²) in [7, 11) is 0. The molecule has 0 radical (unpaired) electrons. The van der Waals surface area contributed by atoms with Crippen molar-refractivity contribution >= 4 is 15.9 Å². The minimum atomic E-state index is 0.384. The Morgan fingerprint density at radius 3 is 2.59 bits per heavy atom. The standard InChI is InChI=1S/C14H20BrNO/c1-4-9-16-12(3)13-5-7-14(8-6-13)17-10-11(2)15/h5-8,12,16H,2,4,9-10H2,1,3H3. The van der Waals surface area contributed by atoms with Crippen LogP contribution in [0.5, 0.6) is 5.75 Å². The van der Waals surface area contributed by atoms with Crippen LogP contribution in [0.25, 0.3) is 0 Å². The highest BCUT2D eigenvalue weighted by molar-refractivity contribution is 9.11. The minimum Gasteiger partial charge on any atom is -0.488 e. The highest BCUT2D eigenvalue weighted by Gasteiger charge is 2.03. The molecule has 17 heavy (non-hydrogen) atoms. The van der Waals surface area contributed by atoms with Crippen molar-refractivity contribution < 1.29 is 4.74 Å². The van der Waals surface area contributed by atoms with Gasteiger partial charge in [-0.3, -0.25) is 0 Å². The van der Waals surface area contributed by atoms with Gasteiger partial charge >= 0.3 is 0 Å². The van der Waals surface area contributed by atoms with E-state index < -0.39 is 0 Å². The molecule has 0 amide bonds. The number of hydrogen-bond donors (Lipinski definition) is 1. The van der Waals surface area contributed by atoms with Crippen LogP contribution in [-0.4, -0.2) is 13.2 Å². The molecule has 94 valence electrons. The number of hydrogen-bond acceptors (Lipinski definition) is 2. The van der Waals surface area contributed by atoms with E-state index in [1.54, 1.807) is 0 Å². The number of benzene rings is 1. The monoisotopic (exact) mass is 297 g/mol. The van der Waals surface area contributed by atoms with Crippen molar-refractivity contribution in [3.63, 3.8) is 0 Å². The molecular weight excluding hydrogens is 278 g/mol. The Bertz CT molecular complexity index is 348. The Labute approximate surface area is 112 Å². The fourth-order valence-electron chi connectivity index (χ4n) is 1.49. The molecule has 0 aliphatic heterocycles. The van der Waals surface area contributed by atoms with Crippen molar-refractivity contribution in [3.05, 3.63) is 40.9 Å². The van der Waals surface area contributed by atoms with E-state index in [1.165, 1.54) is 5.56 Å². The Hall–Kier alpha value is -0.800. The Balaban J connectivity index is 2.51. The SMILES string of the molecule is C=C(Br)COc1ccc(C(C)NCCC)cc1. The second kappa shape index (κ2) is 7.51. The summed E-state index contributed by atoms with van der Waals surface area (Å²) < 4.78 is 6.36. The van der Waals surface area contributed by atoms with Gasteiger partial charge in [0.1, 0.15) is 12.4 Å². The average molecular weight is 298 g/mol. The molecule has 1 unspecified atom stereocenters. The molecule has 0 saturated carbocycles. The summed E-state index contributed by atoms with van der Waals surface area (Å²) in [4.78, 5) is 0. The third kappa shape index (κ3) is 5.37. The predicted octanol–water partition coefficient (Wildman–Crippen LogP) is 4.03. The van der Waals surface area contributed by atoms with Crippen LogP contribution < -0.4 is 10.1 Å². The zero-order chi connectivity index (χ0) is 12.7. The molecule has 0 aliphatic carbocycles. The fraction of sp³-hybridized carbons (Fsp3) is 0.429. The van der Waals surface area contributed by atoms with Gasteiger partial charge in [0, 0.05) is 10.5 Å². The van der Waals surface area contributed by atoms with E-state index in [0.717, 1.165) is 23.2 Å². The maximum absolute atomic E-state index is 5.52. The molecule has 0 spiro atoms. The number of halogens is 1. The zero-order valence-corrected chi connectivity index (χ0v) is 12.1. The van der Waals surface area contributed by atoms with Crippen LogP contribution in [0.2, 0.25) is 0 Å². The van der Waals surface area contributed by atoms with Gasteiger partial charge < -0.3 is 10.1 Å². The summed E-state index contributed by atoms with van der Waals surface area (Å²) in [6, 6.07) is 8.57. The first kappa shape index (κ1) is 14.3. The van der Waals surface area contributed by atoms with Crippen LogP contribution in [0.4, 0.5) is 0 Å². The van der Waals surface area contributed by atoms with E-state index in [-0.39, 0.29) is 0 Å². The molecule has 1 aromatic rings.